The van der Waals surface area contributed by atoms with Crippen molar-refractivity contribution in [2.75, 3.05) is 13.2 Å². The van der Waals surface area contributed by atoms with Gasteiger partial charge < -0.3 is 28.9 Å². The number of hydrogen-bond donors (Lipinski definition) is 0. The molecule has 9 nitrogen and oxygen atoms in total. The SMILES string of the molecule is CCOC(=O)C(C[C@H]1OC(C)(C)O[C@@H]1[C@@H](CO[Si](c1ccccc1)(c1ccccc1)c1ccccc1)OC(C)=O)=[N+]=[N-]. The molecule has 10 heteroatoms. The van der Waals surface area contributed by atoms with Gasteiger partial charge in [-0.2, -0.15) is 4.79 Å². The number of ether oxygens (including phenoxy) is 4. The summed E-state index contributed by atoms with van der Waals surface area (Å²) in [7, 11) is -3.14. The van der Waals surface area contributed by atoms with Crippen molar-refractivity contribution < 1.29 is 37.8 Å². The minimum absolute atomic E-state index is 0.0316. The van der Waals surface area contributed by atoms with E-state index in [-0.39, 0.29) is 25.3 Å². The lowest BCUT2D eigenvalue weighted by atomic mass is 10.0. The standard InChI is InChI=1S/C32H36N2O7Si/c1-5-37-31(36)27(34-33)21-28-30(41-32(3,4)40-28)29(39-23(2)35)22-38-42(24-15-9-6-10-16-24,25-17-11-7-12-18-25)26-19-13-8-14-20-26/h6-20,28-30H,5,21-22H2,1-4H3/t28-,29-,30+/m1/s1. The summed E-state index contributed by atoms with van der Waals surface area (Å²) in [5.41, 5.74) is 9.33. The number of hydrogen-bond acceptors (Lipinski definition) is 7. The molecule has 1 heterocycles. The Bertz CT molecular complexity index is 1300. The monoisotopic (exact) mass is 588 g/mol. The quantitative estimate of drug-likeness (QED) is 0.0798. The van der Waals surface area contributed by atoms with Crippen LogP contribution in [0.5, 0.6) is 0 Å². The highest BCUT2D eigenvalue weighted by Gasteiger charge is 2.50. The first kappa shape index (κ1) is 31.0. The zero-order valence-corrected chi connectivity index (χ0v) is 25.3. The Morgan fingerprint density at radius 3 is 1.83 bits per heavy atom. The topological polar surface area (TPSA) is 117 Å². The molecular formula is C32H36N2O7Si. The van der Waals surface area contributed by atoms with E-state index in [9.17, 15) is 15.1 Å². The van der Waals surface area contributed by atoms with Crippen molar-refractivity contribution >= 4 is 41.5 Å². The summed E-state index contributed by atoms with van der Waals surface area (Å²) in [6.45, 7) is 6.51. The zero-order valence-electron chi connectivity index (χ0n) is 24.3. The second kappa shape index (κ2) is 13.8. The fourth-order valence-electron chi connectivity index (χ4n) is 5.29. The molecule has 1 fully saturated rings. The van der Waals surface area contributed by atoms with E-state index < -0.39 is 44.4 Å². The predicted molar refractivity (Wildman–Crippen MR) is 159 cm³/mol. The van der Waals surface area contributed by atoms with Crippen molar-refractivity contribution in [2.24, 2.45) is 0 Å². The lowest BCUT2D eigenvalue weighted by Crippen LogP contribution is -2.70. The number of nitrogens with zero attached hydrogens (tertiary/aromatic N) is 2. The van der Waals surface area contributed by atoms with Gasteiger partial charge in [0.25, 0.3) is 8.32 Å². The van der Waals surface area contributed by atoms with Gasteiger partial charge in [0, 0.05) is 6.92 Å². The number of rotatable bonds is 12. The first-order valence-corrected chi connectivity index (χ1v) is 15.8. The van der Waals surface area contributed by atoms with Crippen LogP contribution in [0.1, 0.15) is 34.1 Å². The summed E-state index contributed by atoms with van der Waals surface area (Å²) in [5, 5.41) is 3.05. The minimum atomic E-state index is -3.14. The minimum Gasteiger partial charge on any atom is -0.457 e. The number of benzene rings is 3. The molecule has 220 valence electrons. The molecule has 0 aromatic heterocycles. The molecule has 0 amide bonds. The molecule has 1 saturated heterocycles. The fourth-order valence-corrected chi connectivity index (χ4v) is 9.19. The molecule has 4 rings (SSSR count). The van der Waals surface area contributed by atoms with Gasteiger partial charge in [-0.3, -0.25) is 4.79 Å². The summed E-state index contributed by atoms with van der Waals surface area (Å²) in [5.74, 6) is -2.37. The maximum atomic E-state index is 12.4. The number of carbonyl (C=O) groups excluding carboxylic acids is 2. The molecule has 42 heavy (non-hydrogen) atoms. The van der Waals surface area contributed by atoms with Crippen molar-refractivity contribution in [3.8, 4) is 0 Å². The Balaban J connectivity index is 1.75. The van der Waals surface area contributed by atoms with Crippen LogP contribution < -0.4 is 15.6 Å². The van der Waals surface area contributed by atoms with Crippen molar-refractivity contribution in [3.63, 3.8) is 0 Å². The molecule has 0 bridgehead atoms. The third kappa shape index (κ3) is 7.10. The van der Waals surface area contributed by atoms with Crippen LogP contribution in [0, 0.1) is 0 Å². The van der Waals surface area contributed by atoms with Crippen LogP contribution in [0.3, 0.4) is 0 Å². The van der Waals surface area contributed by atoms with E-state index in [1.807, 2.05) is 54.6 Å². The molecule has 0 spiro atoms. The zero-order chi connectivity index (χ0) is 30.2. The molecule has 3 atom stereocenters. The van der Waals surface area contributed by atoms with E-state index in [1.165, 1.54) is 6.92 Å². The van der Waals surface area contributed by atoms with Gasteiger partial charge in [0.15, 0.2) is 11.9 Å². The smallest absolute Gasteiger partial charge is 0.416 e. The Morgan fingerprint density at radius 2 is 1.40 bits per heavy atom. The first-order valence-electron chi connectivity index (χ1n) is 13.9. The molecular weight excluding hydrogens is 552 g/mol. The van der Waals surface area contributed by atoms with Crippen molar-refractivity contribution in [2.45, 2.75) is 58.2 Å². The molecule has 0 aliphatic carbocycles. The van der Waals surface area contributed by atoms with Crippen LogP contribution in [0.25, 0.3) is 5.53 Å². The van der Waals surface area contributed by atoms with Gasteiger partial charge in [0.2, 0.25) is 0 Å². The fraction of sp³-hybridized carbons (Fsp3) is 0.344. The summed E-state index contributed by atoms with van der Waals surface area (Å²) >= 11 is 0. The summed E-state index contributed by atoms with van der Waals surface area (Å²) in [4.78, 5) is 27.9. The van der Waals surface area contributed by atoms with Crippen LogP contribution in [0.2, 0.25) is 0 Å². The van der Waals surface area contributed by atoms with Gasteiger partial charge in [-0.25, -0.2) is 4.79 Å². The van der Waals surface area contributed by atoms with Gasteiger partial charge in [-0.1, -0.05) is 91.0 Å². The van der Waals surface area contributed by atoms with Crippen LogP contribution in [-0.4, -0.2) is 68.1 Å². The molecule has 3 aromatic rings. The van der Waals surface area contributed by atoms with Crippen molar-refractivity contribution in [1.82, 2.24) is 0 Å². The highest BCUT2D eigenvalue weighted by molar-refractivity contribution is 7.07. The number of carbonyl (C=O) groups is 2. The largest absolute Gasteiger partial charge is 0.457 e. The van der Waals surface area contributed by atoms with E-state index in [1.54, 1.807) is 20.8 Å². The average molecular weight is 589 g/mol. The molecule has 0 saturated carbocycles. The van der Waals surface area contributed by atoms with E-state index in [4.69, 9.17) is 23.4 Å². The summed E-state index contributed by atoms with van der Waals surface area (Å²) in [6.07, 6.45) is -2.69. The average Bonchev–Trinajstić information content (AvgIpc) is 3.30. The highest BCUT2D eigenvalue weighted by atomic mass is 28.4. The third-order valence-corrected chi connectivity index (χ3v) is 11.0. The maximum absolute atomic E-state index is 12.4. The Hall–Kier alpha value is -3.92. The Kier molecular flexibility index (Phi) is 10.2. The molecule has 3 aromatic carbocycles. The second-order valence-corrected chi connectivity index (χ2v) is 13.7. The Labute approximate surface area is 247 Å². The normalized spacial score (nSPS) is 18.5. The van der Waals surface area contributed by atoms with Gasteiger partial charge >= 0.3 is 17.7 Å². The van der Waals surface area contributed by atoms with Crippen LogP contribution >= 0.6 is 0 Å². The lowest BCUT2D eigenvalue weighted by molar-refractivity contribution is -0.172. The molecule has 1 aliphatic rings. The van der Waals surface area contributed by atoms with E-state index in [2.05, 4.69) is 41.2 Å². The number of esters is 2. The predicted octanol–water partition coefficient (Wildman–Crippen LogP) is 2.75. The molecule has 0 unspecified atom stereocenters. The van der Waals surface area contributed by atoms with Gasteiger partial charge in [0.1, 0.15) is 12.2 Å². The second-order valence-electron chi connectivity index (χ2n) is 10.3. The Morgan fingerprint density at radius 1 is 0.905 bits per heavy atom. The first-order chi connectivity index (χ1) is 20.2. The lowest BCUT2D eigenvalue weighted by Gasteiger charge is -2.35. The third-order valence-electron chi connectivity index (χ3n) is 6.94. The molecule has 0 N–H and O–H groups in total. The van der Waals surface area contributed by atoms with Crippen molar-refractivity contribution in [1.29, 1.82) is 0 Å². The molecule has 1 aliphatic heterocycles. The van der Waals surface area contributed by atoms with Gasteiger partial charge in [-0.05, 0) is 36.3 Å². The van der Waals surface area contributed by atoms with Crippen LogP contribution in [0.15, 0.2) is 91.0 Å². The van der Waals surface area contributed by atoms with E-state index in [0.717, 1.165) is 15.6 Å². The maximum Gasteiger partial charge on any atom is 0.416 e. The molecule has 0 radical (unpaired) electrons. The van der Waals surface area contributed by atoms with Gasteiger partial charge in [-0.15, -0.1) is 0 Å². The summed E-state index contributed by atoms with van der Waals surface area (Å²) < 4.78 is 30.2. The van der Waals surface area contributed by atoms with Crippen molar-refractivity contribution in [3.05, 3.63) is 96.5 Å². The summed E-state index contributed by atoms with van der Waals surface area (Å²) in [6, 6.07) is 30.1. The van der Waals surface area contributed by atoms with Crippen LogP contribution in [-0.2, 0) is 33.0 Å². The van der Waals surface area contributed by atoms with Gasteiger partial charge in [0.05, 0.1) is 19.6 Å². The highest BCUT2D eigenvalue weighted by Crippen LogP contribution is 2.33. The van der Waals surface area contributed by atoms with Crippen LogP contribution in [0.4, 0.5) is 0 Å². The van der Waals surface area contributed by atoms with E-state index >= 15 is 0 Å². The van der Waals surface area contributed by atoms with E-state index in [0.29, 0.717) is 0 Å².